The van der Waals surface area contributed by atoms with Gasteiger partial charge < -0.3 is 10.1 Å². The quantitative estimate of drug-likeness (QED) is 0.788. The van der Waals surface area contributed by atoms with Crippen LogP contribution in [0.4, 0.5) is 0 Å². The van der Waals surface area contributed by atoms with Gasteiger partial charge in [0.1, 0.15) is 12.4 Å². The highest BCUT2D eigenvalue weighted by molar-refractivity contribution is 5.85. The number of halogens is 1. The third kappa shape index (κ3) is 6.88. The van der Waals surface area contributed by atoms with Crippen LogP contribution in [0.15, 0.2) is 24.3 Å². The van der Waals surface area contributed by atoms with Gasteiger partial charge in [-0.1, -0.05) is 31.9 Å². The van der Waals surface area contributed by atoms with E-state index in [1.54, 1.807) is 0 Å². The lowest BCUT2D eigenvalue weighted by atomic mass is 10.2. The summed E-state index contributed by atoms with van der Waals surface area (Å²) in [4.78, 5) is 0. The van der Waals surface area contributed by atoms with Gasteiger partial charge in [0, 0.05) is 6.54 Å². The highest BCUT2D eigenvalue weighted by atomic mass is 35.5. The Kier molecular flexibility index (Phi) is 8.31. The Labute approximate surface area is 110 Å². The van der Waals surface area contributed by atoms with Gasteiger partial charge in [0.05, 0.1) is 0 Å². The molecule has 0 aliphatic rings. The van der Waals surface area contributed by atoms with Crippen LogP contribution < -0.4 is 10.1 Å². The topological polar surface area (TPSA) is 21.3 Å². The SMILES string of the molecule is C#CCOc1cccc(CNCC(C)C)c1.Cl. The van der Waals surface area contributed by atoms with Crippen molar-refractivity contribution < 1.29 is 4.74 Å². The average Bonchev–Trinajstić information content (AvgIpc) is 2.26. The zero-order valence-electron chi connectivity index (χ0n) is 10.4. The van der Waals surface area contributed by atoms with Crippen LogP contribution in [0, 0.1) is 18.3 Å². The third-order valence-corrected chi connectivity index (χ3v) is 2.10. The molecule has 0 radical (unpaired) electrons. The second-order valence-electron chi connectivity index (χ2n) is 4.16. The number of nitrogens with one attached hydrogen (secondary N) is 1. The van der Waals surface area contributed by atoms with Crippen LogP contribution in [0.3, 0.4) is 0 Å². The Bertz CT molecular complexity index is 357. The molecule has 0 aliphatic heterocycles. The first-order chi connectivity index (χ1) is 7.72. The summed E-state index contributed by atoms with van der Waals surface area (Å²) in [6, 6.07) is 8.00. The van der Waals surface area contributed by atoms with E-state index in [4.69, 9.17) is 11.2 Å². The third-order valence-electron chi connectivity index (χ3n) is 2.10. The zero-order valence-corrected chi connectivity index (χ0v) is 11.2. The van der Waals surface area contributed by atoms with Crippen molar-refractivity contribution in [2.45, 2.75) is 20.4 Å². The van der Waals surface area contributed by atoms with Gasteiger partial charge in [-0.2, -0.15) is 0 Å². The molecule has 1 rings (SSSR count). The molecule has 1 N–H and O–H groups in total. The molecule has 1 aromatic carbocycles. The Morgan fingerprint density at radius 1 is 1.41 bits per heavy atom. The summed E-state index contributed by atoms with van der Waals surface area (Å²) in [6.07, 6.45) is 5.14. The van der Waals surface area contributed by atoms with E-state index in [2.05, 4.69) is 31.2 Å². The molecule has 0 bridgehead atoms. The smallest absolute Gasteiger partial charge is 0.148 e. The van der Waals surface area contributed by atoms with Gasteiger partial charge in [0.25, 0.3) is 0 Å². The molecule has 0 fully saturated rings. The molecule has 2 nitrogen and oxygen atoms in total. The summed E-state index contributed by atoms with van der Waals surface area (Å²) >= 11 is 0. The molecule has 0 aromatic heterocycles. The summed E-state index contributed by atoms with van der Waals surface area (Å²) in [5.41, 5.74) is 1.22. The monoisotopic (exact) mass is 253 g/mol. The predicted molar refractivity (Wildman–Crippen MR) is 74.6 cm³/mol. The van der Waals surface area contributed by atoms with E-state index in [9.17, 15) is 0 Å². The summed E-state index contributed by atoms with van der Waals surface area (Å²) in [5.74, 6) is 3.96. The molecule has 0 saturated heterocycles. The molecule has 17 heavy (non-hydrogen) atoms. The molecular weight excluding hydrogens is 234 g/mol. The van der Waals surface area contributed by atoms with Crippen molar-refractivity contribution in [3.8, 4) is 18.1 Å². The van der Waals surface area contributed by atoms with Gasteiger partial charge in [-0.25, -0.2) is 0 Å². The molecule has 3 heteroatoms. The van der Waals surface area contributed by atoms with Gasteiger partial charge >= 0.3 is 0 Å². The minimum atomic E-state index is 0. The molecular formula is C14H20ClNO. The Morgan fingerprint density at radius 2 is 2.18 bits per heavy atom. The lowest BCUT2D eigenvalue weighted by Crippen LogP contribution is -2.18. The van der Waals surface area contributed by atoms with Gasteiger partial charge in [0.2, 0.25) is 0 Å². The van der Waals surface area contributed by atoms with E-state index in [1.165, 1.54) is 5.56 Å². The van der Waals surface area contributed by atoms with E-state index >= 15 is 0 Å². The Hall–Kier alpha value is -1.17. The number of hydrogen-bond acceptors (Lipinski definition) is 2. The van der Waals surface area contributed by atoms with Crippen LogP contribution in [-0.2, 0) is 6.54 Å². The first kappa shape index (κ1) is 15.8. The van der Waals surface area contributed by atoms with Gasteiger partial charge in [-0.3, -0.25) is 0 Å². The van der Waals surface area contributed by atoms with Crippen LogP contribution in [-0.4, -0.2) is 13.2 Å². The number of ether oxygens (including phenoxy) is 1. The zero-order chi connectivity index (χ0) is 11.8. The maximum absolute atomic E-state index is 5.36. The maximum atomic E-state index is 5.36. The summed E-state index contributed by atoms with van der Waals surface area (Å²) in [7, 11) is 0. The minimum Gasteiger partial charge on any atom is -0.481 e. The fourth-order valence-corrected chi connectivity index (χ4v) is 1.38. The second kappa shape index (κ2) is 8.92. The lowest BCUT2D eigenvalue weighted by Gasteiger charge is -2.08. The second-order valence-corrected chi connectivity index (χ2v) is 4.16. The van der Waals surface area contributed by atoms with Crippen molar-refractivity contribution in [2.24, 2.45) is 5.92 Å². The predicted octanol–water partition coefficient (Wildman–Crippen LogP) is 2.87. The number of hydrogen-bond donors (Lipinski definition) is 1. The van der Waals surface area contributed by atoms with E-state index in [0.29, 0.717) is 12.5 Å². The van der Waals surface area contributed by atoms with Crippen molar-refractivity contribution in [2.75, 3.05) is 13.2 Å². The first-order valence-corrected chi connectivity index (χ1v) is 5.58. The van der Waals surface area contributed by atoms with Crippen molar-refractivity contribution in [3.63, 3.8) is 0 Å². The number of rotatable bonds is 6. The lowest BCUT2D eigenvalue weighted by molar-refractivity contribution is 0.370. The molecule has 0 amide bonds. The van der Waals surface area contributed by atoms with Crippen molar-refractivity contribution in [1.82, 2.24) is 5.32 Å². The molecule has 0 heterocycles. The van der Waals surface area contributed by atoms with E-state index in [-0.39, 0.29) is 12.4 Å². The summed E-state index contributed by atoms with van der Waals surface area (Å²) in [6.45, 7) is 6.60. The molecule has 0 aliphatic carbocycles. The summed E-state index contributed by atoms with van der Waals surface area (Å²) < 4.78 is 5.36. The van der Waals surface area contributed by atoms with Crippen molar-refractivity contribution in [1.29, 1.82) is 0 Å². The highest BCUT2D eigenvalue weighted by Crippen LogP contribution is 2.12. The fourth-order valence-electron chi connectivity index (χ4n) is 1.38. The molecule has 0 unspecified atom stereocenters. The number of benzene rings is 1. The molecule has 0 atom stereocenters. The maximum Gasteiger partial charge on any atom is 0.148 e. The normalized spacial score (nSPS) is 9.53. The first-order valence-electron chi connectivity index (χ1n) is 5.58. The number of terminal acetylenes is 1. The Balaban J connectivity index is 0.00000256. The molecule has 1 aromatic rings. The molecule has 0 spiro atoms. The van der Waals surface area contributed by atoms with Crippen LogP contribution >= 0.6 is 12.4 Å². The van der Waals surface area contributed by atoms with Crippen LogP contribution in [0.5, 0.6) is 5.75 Å². The van der Waals surface area contributed by atoms with Gasteiger partial charge in [-0.15, -0.1) is 18.8 Å². The largest absolute Gasteiger partial charge is 0.481 e. The fraction of sp³-hybridized carbons (Fsp3) is 0.429. The van der Waals surface area contributed by atoms with Gasteiger partial charge in [-0.05, 0) is 30.2 Å². The molecule has 0 saturated carbocycles. The summed E-state index contributed by atoms with van der Waals surface area (Å²) in [5, 5.41) is 3.39. The van der Waals surface area contributed by atoms with Crippen LogP contribution in [0.25, 0.3) is 0 Å². The van der Waals surface area contributed by atoms with Crippen molar-refractivity contribution >= 4 is 12.4 Å². The molecule has 94 valence electrons. The van der Waals surface area contributed by atoms with Crippen LogP contribution in [0.1, 0.15) is 19.4 Å². The highest BCUT2D eigenvalue weighted by Gasteiger charge is 1.97. The van der Waals surface area contributed by atoms with Gasteiger partial charge in [0.15, 0.2) is 0 Å². The standard InChI is InChI=1S/C14H19NO.ClH/c1-4-8-16-14-7-5-6-13(9-14)11-15-10-12(2)3;/h1,5-7,9,12,15H,8,10-11H2,2-3H3;1H. The Morgan fingerprint density at radius 3 is 2.82 bits per heavy atom. The average molecular weight is 254 g/mol. The van der Waals surface area contributed by atoms with E-state index < -0.39 is 0 Å². The van der Waals surface area contributed by atoms with E-state index in [0.717, 1.165) is 18.8 Å². The van der Waals surface area contributed by atoms with Crippen molar-refractivity contribution in [3.05, 3.63) is 29.8 Å². The minimum absolute atomic E-state index is 0. The van der Waals surface area contributed by atoms with Crippen LogP contribution in [0.2, 0.25) is 0 Å². The van der Waals surface area contributed by atoms with E-state index in [1.807, 2.05) is 18.2 Å².